The van der Waals surface area contributed by atoms with Gasteiger partial charge in [-0.2, -0.15) is 0 Å². The Morgan fingerprint density at radius 2 is 2.35 bits per heavy atom. The fraction of sp³-hybridized carbons (Fsp3) is 0.250. The molecule has 0 spiro atoms. The van der Waals surface area contributed by atoms with Crippen molar-refractivity contribution in [1.82, 2.24) is 5.32 Å². The summed E-state index contributed by atoms with van der Waals surface area (Å²) < 4.78 is 18.1. The second kappa shape index (κ2) is 6.65. The number of amides is 1. The van der Waals surface area contributed by atoms with Crippen LogP contribution in [0.2, 0.25) is 0 Å². The lowest BCUT2D eigenvalue weighted by molar-refractivity contribution is -0.116. The van der Waals surface area contributed by atoms with Gasteiger partial charge in [-0.25, -0.2) is 4.39 Å². The number of rotatable bonds is 5. The Balaban J connectivity index is 2.65. The number of nitrogens with one attached hydrogen (secondary N) is 1. The molecular formula is C12H14FNO3. The summed E-state index contributed by atoms with van der Waals surface area (Å²) in [5.41, 5.74) is 0.558. The zero-order valence-electron chi connectivity index (χ0n) is 9.44. The Labute approximate surface area is 98.7 Å². The largest absolute Gasteiger partial charge is 0.494 e. The van der Waals surface area contributed by atoms with Crippen LogP contribution in [0, 0.1) is 5.82 Å². The van der Waals surface area contributed by atoms with Crippen LogP contribution >= 0.6 is 0 Å². The molecule has 2 N–H and O–H groups in total. The predicted octanol–water partition coefficient (Wildman–Crippen LogP) is 0.956. The number of carbonyl (C=O) groups is 1. The van der Waals surface area contributed by atoms with Gasteiger partial charge in [-0.3, -0.25) is 4.79 Å². The van der Waals surface area contributed by atoms with E-state index in [2.05, 4.69) is 5.32 Å². The van der Waals surface area contributed by atoms with Gasteiger partial charge in [0.1, 0.15) is 0 Å². The van der Waals surface area contributed by atoms with Crippen LogP contribution in [-0.4, -0.2) is 31.3 Å². The van der Waals surface area contributed by atoms with E-state index in [0.717, 1.165) is 0 Å². The van der Waals surface area contributed by atoms with Crippen molar-refractivity contribution in [2.45, 2.75) is 0 Å². The number of carbonyl (C=O) groups excluding carboxylic acids is 1. The summed E-state index contributed by atoms with van der Waals surface area (Å²) in [7, 11) is 1.39. The molecule has 0 radical (unpaired) electrons. The number of ether oxygens (including phenoxy) is 1. The van der Waals surface area contributed by atoms with Crippen LogP contribution in [0.1, 0.15) is 5.56 Å². The summed E-state index contributed by atoms with van der Waals surface area (Å²) in [5.74, 6) is -0.660. The molecule has 1 amide bonds. The Morgan fingerprint density at radius 3 is 2.94 bits per heavy atom. The number of halogens is 1. The fourth-order valence-corrected chi connectivity index (χ4v) is 1.20. The monoisotopic (exact) mass is 239 g/mol. The molecule has 0 atom stereocenters. The number of hydrogen-bond donors (Lipinski definition) is 2. The maximum Gasteiger partial charge on any atom is 0.244 e. The van der Waals surface area contributed by atoms with Gasteiger partial charge in [-0.1, -0.05) is 6.07 Å². The number of hydrogen-bond acceptors (Lipinski definition) is 3. The lowest BCUT2D eigenvalue weighted by atomic mass is 10.2. The van der Waals surface area contributed by atoms with Crippen molar-refractivity contribution < 1.29 is 19.0 Å². The van der Waals surface area contributed by atoms with Crippen molar-refractivity contribution in [1.29, 1.82) is 0 Å². The second-order valence-corrected chi connectivity index (χ2v) is 3.24. The normalized spacial score (nSPS) is 10.5. The minimum Gasteiger partial charge on any atom is -0.494 e. The summed E-state index contributed by atoms with van der Waals surface area (Å²) >= 11 is 0. The molecule has 0 fully saturated rings. The van der Waals surface area contributed by atoms with E-state index in [9.17, 15) is 9.18 Å². The third-order valence-corrected chi connectivity index (χ3v) is 2.01. The number of methoxy groups -OCH3 is 1. The molecule has 0 bridgehead atoms. The van der Waals surface area contributed by atoms with E-state index in [1.54, 1.807) is 6.07 Å². The molecule has 1 aromatic rings. The average Bonchev–Trinajstić information content (AvgIpc) is 2.34. The first kappa shape index (κ1) is 13.2. The van der Waals surface area contributed by atoms with Gasteiger partial charge in [0.15, 0.2) is 11.6 Å². The van der Waals surface area contributed by atoms with Gasteiger partial charge in [0.2, 0.25) is 5.91 Å². The van der Waals surface area contributed by atoms with Crippen LogP contribution in [0.15, 0.2) is 24.3 Å². The molecule has 0 heterocycles. The number of benzene rings is 1. The Morgan fingerprint density at radius 1 is 1.59 bits per heavy atom. The van der Waals surface area contributed by atoms with Gasteiger partial charge < -0.3 is 15.2 Å². The zero-order valence-corrected chi connectivity index (χ0v) is 9.44. The number of aliphatic hydroxyl groups excluding tert-OH is 1. The van der Waals surface area contributed by atoms with Crippen molar-refractivity contribution in [3.05, 3.63) is 35.7 Å². The smallest absolute Gasteiger partial charge is 0.244 e. The van der Waals surface area contributed by atoms with Crippen LogP contribution in [0.5, 0.6) is 5.75 Å². The van der Waals surface area contributed by atoms with Gasteiger partial charge >= 0.3 is 0 Å². The van der Waals surface area contributed by atoms with E-state index in [1.807, 2.05) is 0 Å². The van der Waals surface area contributed by atoms with Crippen LogP contribution in [0.3, 0.4) is 0 Å². The lowest BCUT2D eigenvalue weighted by Gasteiger charge is -2.02. The summed E-state index contributed by atoms with van der Waals surface area (Å²) in [6, 6.07) is 4.40. The maximum absolute atomic E-state index is 13.3. The first-order valence-corrected chi connectivity index (χ1v) is 5.07. The van der Waals surface area contributed by atoms with Gasteiger partial charge in [0.05, 0.1) is 13.7 Å². The molecule has 0 aromatic heterocycles. The number of aliphatic hydroxyl groups is 1. The van der Waals surface area contributed by atoms with E-state index in [0.29, 0.717) is 5.56 Å². The second-order valence-electron chi connectivity index (χ2n) is 3.24. The summed E-state index contributed by atoms with van der Waals surface area (Å²) in [5, 5.41) is 10.9. The minimum absolute atomic E-state index is 0.114. The third-order valence-electron chi connectivity index (χ3n) is 2.01. The quantitative estimate of drug-likeness (QED) is 0.752. The summed E-state index contributed by atoms with van der Waals surface area (Å²) in [6.07, 6.45) is 2.76. The summed E-state index contributed by atoms with van der Waals surface area (Å²) in [4.78, 5) is 11.2. The lowest BCUT2D eigenvalue weighted by Crippen LogP contribution is -2.24. The first-order valence-electron chi connectivity index (χ1n) is 5.07. The standard InChI is InChI=1S/C12H14FNO3/c1-17-11-4-2-9(8-10(11)13)3-5-12(16)14-6-7-15/h2-5,8,15H,6-7H2,1H3,(H,14,16)/b5-3+. The van der Waals surface area contributed by atoms with Crippen molar-refractivity contribution in [2.24, 2.45) is 0 Å². The highest BCUT2D eigenvalue weighted by Gasteiger charge is 2.01. The van der Waals surface area contributed by atoms with Crippen LogP contribution in [0.4, 0.5) is 4.39 Å². The van der Waals surface area contributed by atoms with E-state index in [4.69, 9.17) is 9.84 Å². The van der Waals surface area contributed by atoms with Crippen molar-refractivity contribution in [3.63, 3.8) is 0 Å². The van der Waals surface area contributed by atoms with E-state index in [-0.39, 0.29) is 24.8 Å². The molecule has 0 aliphatic heterocycles. The Kier molecular flexibility index (Phi) is 5.16. The highest BCUT2D eigenvalue weighted by Crippen LogP contribution is 2.18. The minimum atomic E-state index is -0.481. The molecule has 0 unspecified atom stereocenters. The van der Waals surface area contributed by atoms with Crippen molar-refractivity contribution in [3.8, 4) is 5.75 Å². The van der Waals surface area contributed by atoms with Crippen LogP contribution in [0.25, 0.3) is 6.08 Å². The Bertz CT molecular complexity index is 418. The molecule has 92 valence electrons. The average molecular weight is 239 g/mol. The van der Waals surface area contributed by atoms with E-state index < -0.39 is 5.82 Å². The highest BCUT2D eigenvalue weighted by atomic mass is 19.1. The van der Waals surface area contributed by atoms with E-state index >= 15 is 0 Å². The molecule has 1 rings (SSSR count). The maximum atomic E-state index is 13.3. The zero-order chi connectivity index (χ0) is 12.7. The fourth-order valence-electron chi connectivity index (χ4n) is 1.20. The summed E-state index contributed by atoms with van der Waals surface area (Å²) in [6.45, 7) is 0.0802. The van der Waals surface area contributed by atoms with Crippen LogP contribution in [-0.2, 0) is 4.79 Å². The van der Waals surface area contributed by atoms with Gasteiger partial charge in [-0.15, -0.1) is 0 Å². The van der Waals surface area contributed by atoms with E-state index in [1.165, 1.54) is 31.4 Å². The van der Waals surface area contributed by atoms with Crippen LogP contribution < -0.4 is 10.1 Å². The third kappa shape index (κ3) is 4.24. The molecule has 0 aliphatic rings. The molecule has 17 heavy (non-hydrogen) atoms. The van der Waals surface area contributed by atoms with Crippen molar-refractivity contribution >= 4 is 12.0 Å². The van der Waals surface area contributed by atoms with Gasteiger partial charge in [-0.05, 0) is 23.8 Å². The predicted molar refractivity (Wildman–Crippen MR) is 62.1 cm³/mol. The molecule has 0 aliphatic carbocycles. The Hall–Kier alpha value is -1.88. The topological polar surface area (TPSA) is 58.6 Å². The molecular weight excluding hydrogens is 225 g/mol. The molecule has 0 saturated heterocycles. The molecule has 1 aromatic carbocycles. The van der Waals surface area contributed by atoms with Gasteiger partial charge in [0, 0.05) is 12.6 Å². The SMILES string of the molecule is COc1ccc(/C=C/C(=O)NCCO)cc1F. The molecule has 0 saturated carbocycles. The highest BCUT2D eigenvalue weighted by molar-refractivity contribution is 5.91. The van der Waals surface area contributed by atoms with Crippen molar-refractivity contribution in [2.75, 3.05) is 20.3 Å². The first-order chi connectivity index (χ1) is 8.17. The van der Waals surface area contributed by atoms with Gasteiger partial charge in [0.25, 0.3) is 0 Å². The molecule has 5 heteroatoms. The molecule has 4 nitrogen and oxygen atoms in total.